The molecule has 0 spiro atoms. The minimum atomic E-state index is 0.321. The fraction of sp³-hybridized carbons (Fsp3) is 0.667. The molecule has 0 amide bonds. The van der Waals surface area contributed by atoms with Crippen molar-refractivity contribution < 1.29 is 4.74 Å². The number of hydrogen-bond donors (Lipinski definition) is 0. The predicted octanol–water partition coefficient (Wildman–Crippen LogP) is 1.39. The second-order valence-corrected chi connectivity index (χ2v) is 3.04. The van der Waals surface area contributed by atoms with Gasteiger partial charge in [0.05, 0.1) is 6.10 Å². The van der Waals surface area contributed by atoms with Crippen molar-refractivity contribution in [2.75, 3.05) is 7.11 Å². The molecule has 0 aliphatic heterocycles. The number of hydrogen-bond acceptors (Lipinski definition) is 2. The van der Waals surface area contributed by atoms with Crippen LogP contribution in [0.1, 0.15) is 19.2 Å². The highest BCUT2D eigenvalue weighted by Crippen LogP contribution is 2.03. The van der Waals surface area contributed by atoms with Crippen molar-refractivity contribution in [2.45, 2.75) is 25.9 Å². The number of imidazole rings is 1. The van der Waals surface area contributed by atoms with Crippen LogP contribution in [-0.2, 0) is 18.2 Å². The molecule has 0 aliphatic carbocycles. The van der Waals surface area contributed by atoms with Gasteiger partial charge in [-0.25, -0.2) is 4.98 Å². The Labute approximate surface area is 73.4 Å². The molecule has 1 atom stereocenters. The SMILES string of the molecule is COC(C)CCc1nccn1C. The van der Waals surface area contributed by atoms with Crippen LogP contribution in [0.3, 0.4) is 0 Å². The molecule has 0 aromatic carbocycles. The van der Waals surface area contributed by atoms with Crippen molar-refractivity contribution >= 4 is 0 Å². The van der Waals surface area contributed by atoms with Crippen LogP contribution in [0.25, 0.3) is 0 Å². The lowest BCUT2D eigenvalue weighted by atomic mass is 10.2. The maximum absolute atomic E-state index is 5.15. The summed E-state index contributed by atoms with van der Waals surface area (Å²) in [6.45, 7) is 2.07. The zero-order valence-corrected chi connectivity index (χ0v) is 7.95. The van der Waals surface area contributed by atoms with Crippen LogP contribution in [0, 0.1) is 0 Å². The highest BCUT2D eigenvalue weighted by molar-refractivity contribution is 4.91. The first-order valence-corrected chi connectivity index (χ1v) is 4.23. The van der Waals surface area contributed by atoms with Crippen molar-refractivity contribution in [3.63, 3.8) is 0 Å². The summed E-state index contributed by atoms with van der Waals surface area (Å²) in [5, 5.41) is 0. The molecule has 3 nitrogen and oxygen atoms in total. The van der Waals surface area contributed by atoms with Gasteiger partial charge in [0, 0.05) is 33.0 Å². The first-order valence-electron chi connectivity index (χ1n) is 4.23. The summed E-state index contributed by atoms with van der Waals surface area (Å²) in [6.07, 6.45) is 6.13. The largest absolute Gasteiger partial charge is 0.382 e. The smallest absolute Gasteiger partial charge is 0.108 e. The van der Waals surface area contributed by atoms with E-state index in [0.717, 1.165) is 18.7 Å². The highest BCUT2D eigenvalue weighted by atomic mass is 16.5. The molecule has 12 heavy (non-hydrogen) atoms. The molecular weight excluding hydrogens is 152 g/mol. The van der Waals surface area contributed by atoms with Gasteiger partial charge >= 0.3 is 0 Å². The summed E-state index contributed by atoms with van der Waals surface area (Å²) in [7, 11) is 3.75. The minimum absolute atomic E-state index is 0.321. The van der Waals surface area contributed by atoms with Gasteiger partial charge in [-0.3, -0.25) is 0 Å². The third kappa shape index (κ3) is 2.34. The number of rotatable bonds is 4. The average Bonchev–Trinajstić information content (AvgIpc) is 2.47. The predicted molar refractivity (Wildman–Crippen MR) is 48.0 cm³/mol. The van der Waals surface area contributed by atoms with Gasteiger partial charge in [-0.15, -0.1) is 0 Å². The fourth-order valence-electron chi connectivity index (χ4n) is 1.09. The van der Waals surface area contributed by atoms with E-state index < -0.39 is 0 Å². The van der Waals surface area contributed by atoms with Gasteiger partial charge in [0.25, 0.3) is 0 Å². The Bertz CT molecular complexity index is 232. The first-order chi connectivity index (χ1) is 5.74. The van der Waals surface area contributed by atoms with E-state index in [1.165, 1.54) is 0 Å². The van der Waals surface area contributed by atoms with Gasteiger partial charge in [0.2, 0.25) is 0 Å². The summed E-state index contributed by atoms with van der Waals surface area (Å²) in [4.78, 5) is 4.23. The van der Waals surface area contributed by atoms with E-state index in [9.17, 15) is 0 Å². The summed E-state index contributed by atoms with van der Waals surface area (Å²) < 4.78 is 7.20. The lowest BCUT2D eigenvalue weighted by molar-refractivity contribution is 0.110. The molecule has 1 heterocycles. The Hall–Kier alpha value is -0.830. The molecule has 0 saturated carbocycles. The van der Waals surface area contributed by atoms with Crippen LogP contribution in [0.15, 0.2) is 12.4 Å². The molecule has 1 aromatic rings. The van der Waals surface area contributed by atoms with Gasteiger partial charge in [-0.1, -0.05) is 0 Å². The molecule has 1 rings (SSSR count). The van der Waals surface area contributed by atoms with Crippen molar-refractivity contribution in [3.8, 4) is 0 Å². The Morgan fingerprint density at radius 3 is 2.92 bits per heavy atom. The topological polar surface area (TPSA) is 27.1 Å². The fourth-order valence-corrected chi connectivity index (χ4v) is 1.09. The third-order valence-electron chi connectivity index (χ3n) is 2.10. The Kier molecular flexibility index (Phi) is 3.29. The maximum atomic E-state index is 5.15. The lowest BCUT2D eigenvalue weighted by Gasteiger charge is -2.08. The Balaban J connectivity index is 2.38. The highest BCUT2D eigenvalue weighted by Gasteiger charge is 2.03. The average molecular weight is 168 g/mol. The molecule has 0 N–H and O–H groups in total. The number of aryl methyl sites for hydroxylation is 2. The summed E-state index contributed by atoms with van der Waals surface area (Å²) >= 11 is 0. The monoisotopic (exact) mass is 168 g/mol. The van der Waals surface area contributed by atoms with Crippen LogP contribution in [0.2, 0.25) is 0 Å². The van der Waals surface area contributed by atoms with Crippen LogP contribution >= 0.6 is 0 Å². The molecule has 3 heteroatoms. The number of aromatic nitrogens is 2. The van der Waals surface area contributed by atoms with Gasteiger partial charge in [0.1, 0.15) is 5.82 Å². The van der Waals surface area contributed by atoms with E-state index in [1.807, 2.05) is 24.0 Å². The third-order valence-corrected chi connectivity index (χ3v) is 2.10. The zero-order chi connectivity index (χ0) is 8.97. The minimum Gasteiger partial charge on any atom is -0.382 e. The van der Waals surface area contributed by atoms with Gasteiger partial charge < -0.3 is 9.30 Å². The molecule has 68 valence electrons. The van der Waals surface area contributed by atoms with Crippen LogP contribution < -0.4 is 0 Å². The quantitative estimate of drug-likeness (QED) is 0.679. The number of methoxy groups -OCH3 is 1. The summed E-state index contributed by atoms with van der Waals surface area (Å²) in [5.41, 5.74) is 0. The lowest BCUT2D eigenvalue weighted by Crippen LogP contribution is -2.08. The Morgan fingerprint density at radius 2 is 2.42 bits per heavy atom. The van der Waals surface area contributed by atoms with Crippen molar-refractivity contribution in [2.24, 2.45) is 7.05 Å². The standard InChI is InChI=1S/C9H16N2O/c1-8(12-3)4-5-9-10-6-7-11(9)2/h6-8H,4-5H2,1-3H3. The molecule has 0 radical (unpaired) electrons. The van der Waals surface area contributed by atoms with Crippen LogP contribution in [0.5, 0.6) is 0 Å². The zero-order valence-electron chi connectivity index (χ0n) is 7.95. The molecule has 0 saturated heterocycles. The van der Waals surface area contributed by atoms with E-state index in [4.69, 9.17) is 4.74 Å². The van der Waals surface area contributed by atoms with Crippen molar-refractivity contribution in [1.29, 1.82) is 0 Å². The van der Waals surface area contributed by atoms with Gasteiger partial charge in [-0.05, 0) is 13.3 Å². The second-order valence-electron chi connectivity index (χ2n) is 3.04. The summed E-state index contributed by atoms with van der Waals surface area (Å²) in [6, 6.07) is 0. The van der Waals surface area contributed by atoms with Crippen molar-refractivity contribution in [1.82, 2.24) is 9.55 Å². The molecule has 0 bridgehead atoms. The first kappa shape index (κ1) is 9.26. The second kappa shape index (κ2) is 4.26. The molecule has 1 unspecified atom stereocenters. The van der Waals surface area contributed by atoms with E-state index in [2.05, 4.69) is 11.9 Å². The maximum Gasteiger partial charge on any atom is 0.108 e. The van der Waals surface area contributed by atoms with E-state index in [-0.39, 0.29) is 0 Å². The molecule has 0 fully saturated rings. The molecular formula is C9H16N2O. The number of nitrogens with zero attached hydrogens (tertiary/aromatic N) is 2. The van der Waals surface area contributed by atoms with Gasteiger partial charge in [-0.2, -0.15) is 0 Å². The van der Waals surface area contributed by atoms with E-state index >= 15 is 0 Å². The van der Waals surface area contributed by atoms with Crippen LogP contribution in [0.4, 0.5) is 0 Å². The van der Waals surface area contributed by atoms with E-state index in [1.54, 1.807) is 7.11 Å². The normalized spacial score (nSPS) is 13.2. The number of ether oxygens (including phenoxy) is 1. The van der Waals surface area contributed by atoms with Crippen molar-refractivity contribution in [3.05, 3.63) is 18.2 Å². The van der Waals surface area contributed by atoms with Gasteiger partial charge in [0.15, 0.2) is 0 Å². The summed E-state index contributed by atoms with van der Waals surface area (Å²) in [5.74, 6) is 1.12. The van der Waals surface area contributed by atoms with Crippen LogP contribution in [-0.4, -0.2) is 22.8 Å². The van der Waals surface area contributed by atoms with E-state index in [0.29, 0.717) is 6.10 Å². The molecule has 0 aliphatic rings. The molecule has 1 aromatic heterocycles. The Morgan fingerprint density at radius 1 is 1.67 bits per heavy atom.